The first-order valence-electron chi connectivity index (χ1n) is 5.20. The van der Waals surface area contributed by atoms with Crippen LogP contribution in [0.5, 0.6) is 0 Å². The second-order valence-corrected chi connectivity index (χ2v) is 4.40. The second-order valence-electron chi connectivity index (χ2n) is 3.23. The van der Waals surface area contributed by atoms with E-state index in [2.05, 4.69) is 0 Å². The molecule has 96 valence electrons. The van der Waals surface area contributed by atoms with Crippen molar-refractivity contribution in [3.63, 3.8) is 0 Å². The fourth-order valence-corrected chi connectivity index (χ4v) is 1.89. The molecule has 1 rings (SSSR count). The highest BCUT2D eigenvalue weighted by Crippen LogP contribution is 2.17. The average molecular weight is 260 g/mol. The quantitative estimate of drug-likeness (QED) is 0.684. The minimum absolute atomic E-state index is 0.333. The van der Waals surface area contributed by atoms with Crippen LogP contribution in [0.3, 0.4) is 0 Å². The van der Waals surface area contributed by atoms with Crippen LogP contribution >= 0.6 is 11.3 Å². The normalized spacial score (nSPS) is 10.6. The summed E-state index contributed by atoms with van der Waals surface area (Å²) in [7, 11) is 1.62. The molecule has 0 aliphatic heterocycles. The highest BCUT2D eigenvalue weighted by molar-refractivity contribution is 7.13. The van der Waals surface area contributed by atoms with Gasteiger partial charge in [0.1, 0.15) is 4.88 Å². The Bertz CT molecular complexity index is 336. The molecule has 0 saturated carbocycles. The molecule has 6 heteroatoms. The minimum atomic E-state index is -0.899. The molecule has 1 aromatic rings. The van der Waals surface area contributed by atoms with Crippen LogP contribution in [-0.4, -0.2) is 44.6 Å². The van der Waals surface area contributed by atoms with Crippen molar-refractivity contribution in [1.29, 1.82) is 0 Å². The number of methoxy groups -OCH3 is 1. The number of thiophene rings is 1. The fourth-order valence-electron chi connectivity index (χ4n) is 1.11. The van der Waals surface area contributed by atoms with Gasteiger partial charge >= 0.3 is 5.97 Å². The van der Waals surface area contributed by atoms with E-state index in [0.717, 1.165) is 4.88 Å². The van der Waals surface area contributed by atoms with Crippen LogP contribution in [0, 0.1) is 0 Å². The van der Waals surface area contributed by atoms with Gasteiger partial charge in [0.05, 0.1) is 33.0 Å². The van der Waals surface area contributed by atoms with Crippen molar-refractivity contribution in [2.24, 2.45) is 0 Å². The Hall–Kier alpha value is -0.950. The van der Waals surface area contributed by atoms with Gasteiger partial charge in [-0.1, -0.05) is 0 Å². The van der Waals surface area contributed by atoms with Crippen LogP contribution in [0.4, 0.5) is 0 Å². The molecule has 0 aromatic carbocycles. The molecule has 0 bridgehead atoms. The van der Waals surface area contributed by atoms with E-state index in [1.54, 1.807) is 19.2 Å². The molecule has 1 aromatic heterocycles. The summed E-state index contributed by atoms with van der Waals surface area (Å²) in [5, 5.41) is 8.73. The summed E-state index contributed by atoms with van der Waals surface area (Å²) in [5.41, 5.74) is 0. The van der Waals surface area contributed by atoms with E-state index in [-0.39, 0.29) is 0 Å². The number of aromatic carboxylic acids is 1. The molecular formula is C11H16O5S. The summed E-state index contributed by atoms with van der Waals surface area (Å²) in [6.45, 7) is 2.56. The highest BCUT2D eigenvalue weighted by atomic mass is 32.1. The van der Waals surface area contributed by atoms with Crippen molar-refractivity contribution in [2.75, 3.05) is 33.5 Å². The van der Waals surface area contributed by atoms with E-state index < -0.39 is 5.97 Å². The van der Waals surface area contributed by atoms with Gasteiger partial charge in [-0.25, -0.2) is 4.79 Å². The monoisotopic (exact) mass is 260 g/mol. The first kappa shape index (κ1) is 14.1. The molecule has 0 aliphatic carbocycles. The van der Waals surface area contributed by atoms with Crippen LogP contribution in [0.2, 0.25) is 0 Å². The molecule has 0 amide bonds. The maximum absolute atomic E-state index is 10.6. The second kappa shape index (κ2) is 8.19. The maximum Gasteiger partial charge on any atom is 0.345 e. The fraction of sp³-hybridized carbons (Fsp3) is 0.545. The molecule has 0 aliphatic rings. The molecule has 0 unspecified atom stereocenters. The Morgan fingerprint density at radius 3 is 2.59 bits per heavy atom. The summed E-state index contributed by atoms with van der Waals surface area (Å²) < 4.78 is 15.4. The van der Waals surface area contributed by atoms with E-state index >= 15 is 0 Å². The number of ether oxygens (including phenoxy) is 3. The Morgan fingerprint density at radius 1 is 1.24 bits per heavy atom. The summed E-state index contributed by atoms with van der Waals surface area (Å²) in [6.07, 6.45) is 0. The van der Waals surface area contributed by atoms with Crippen molar-refractivity contribution in [2.45, 2.75) is 6.61 Å². The topological polar surface area (TPSA) is 65.0 Å². The lowest BCUT2D eigenvalue weighted by Crippen LogP contribution is -2.07. The average Bonchev–Trinajstić information content (AvgIpc) is 2.77. The summed E-state index contributed by atoms with van der Waals surface area (Å²) in [5.74, 6) is -0.899. The smallest absolute Gasteiger partial charge is 0.345 e. The molecule has 0 spiro atoms. The molecule has 0 fully saturated rings. The van der Waals surface area contributed by atoms with Gasteiger partial charge in [0.15, 0.2) is 0 Å². The largest absolute Gasteiger partial charge is 0.477 e. The maximum atomic E-state index is 10.6. The van der Waals surface area contributed by atoms with Crippen molar-refractivity contribution >= 4 is 17.3 Å². The number of carboxylic acid groups (broad SMARTS) is 1. The highest BCUT2D eigenvalue weighted by Gasteiger charge is 2.06. The van der Waals surface area contributed by atoms with Crippen LogP contribution < -0.4 is 0 Å². The SMILES string of the molecule is COCCOCCOCc1ccc(C(=O)O)s1. The van der Waals surface area contributed by atoms with Crippen LogP contribution in [0.15, 0.2) is 12.1 Å². The Kier molecular flexibility index (Phi) is 6.80. The van der Waals surface area contributed by atoms with Crippen LogP contribution in [-0.2, 0) is 20.8 Å². The lowest BCUT2D eigenvalue weighted by Gasteiger charge is -2.04. The van der Waals surface area contributed by atoms with Crippen molar-refractivity contribution in [1.82, 2.24) is 0 Å². The van der Waals surface area contributed by atoms with Crippen LogP contribution in [0.1, 0.15) is 14.5 Å². The van der Waals surface area contributed by atoms with Gasteiger partial charge in [0, 0.05) is 12.0 Å². The molecule has 17 heavy (non-hydrogen) atoms. The summed E-state index contributed by atoms with van der Waals surface area (Å²) >= 11 is 1.23. The zero-order valence-electron chi connectivity index (χ0n) is 9.68. The third-order valence-electron chi connectivity index (χ3n) is 1.92. The Balaban J connectivity index is 2.07. The van der Waals surface area contributed by atoms with E-state index in [9.17, 15) is 4.79 Å². The van der Waals surface area contributed by atoms with Gasteiger partial charge in [-0.05, 0) is 12.1 Å². The van der Waals surface area contributed by atoms with Gasteiger partial charge in [0.2, 0.25) is 0 Å². The lowest BCUT2D eigenvalue weighted by atomic mass is 10.4. The van der Waals surface area contributed by atoms with Gasteiger partial charge in [-0.2, -0.15) is 0 Å². The van der Waals surface area contributed by atoms with E-state index in [1.165, 1.54) is 11.3 Å². The van der Waals surface area contributed by atoms with Crippen molar-refractivity contribution in [3.8, 4) is 0 Å². The standard InChI is InChI=1S/C11H16O5S/c1-14-4-5-15-6-7-16-8-9-2-3-10(17-9)11(12)13/h2-3H,4-8H2,1H3,(H,12,13). The van der Waals surface area contributed by atoms with Gasteiger partial charge in [-0.15, -0.1) is 11.3 Å². The Labute approximate surface area is 104 Å². The third-order valence-corrected chi connectivity index (χ3v) is 2.97. The molecule has 1 N–H and O–H groups in total. The number of carbonyl (C=O) groups is 1. The van der Waals surface area contributed by atoms with Crippen molar-refractivity contribution in [3.05, 3.63) is 21.9 Å². The van der Waals surface area contributed by atoms with E-state index in [0.29, 0.717) is 37.9 Å². The number of rotatable bonds is 9. The minimum Gasteiger partial charge on any atom is -0.477 e. The lowest BCUT2D eigenvalue weighted by molar-refractivity contribution is 0.0205. The molecule has 0 radical (unpaired) electrons. The van der Waals surface area contributed by atoms with Gasteiger partial charge in [0.25, 0.3) is 0 Å². The first-order chi connectivity index (χ1) is 8.24. The van der Waals surface area contributed by atoms with Crippen molar-refractivity contribution < 1.29 is 24.1 Å². The Morgan fingerprint density at radius 2 is 1.94 bits per heavy atom. The molecule has 0 atom stereocenters. The summed E-state index contributed by atoms with van der Waals surface area (Å²) in [4.78, 5) is 11.9. The number of hydrogen-bond acceptors (Lipinski definition) is 5. The number of carboxylic acids is 1. The molecular weight excluding hydrogens is 244 g/mol. The van der Waals surface area contributed by atoms with Gasteiger partial charge in [-0.3, -0.25) is 0 Å². The van der Waals surface area contributed by atoms with Gasteiger partial charge < -0.3 is 19.3 Å². The predicted octanol–water partition coefficient (Wildman–Crippen LogP) is 1.63. The third kappa shape index (κ3) is 5.78. The molecule has 5 nitrogen and oxygen atoms in total. The molecule has 0 saturated heterocycles. The molecule has 1 heterocycles. The van der Waals surface area contributed by atoms with E-state index in [4.69, 9.17) is 19.3 Å². The van der Waals surface area contributed by atoms with E-state index in [1.807, 2.05) is 0 Å². The first-order valence-corrected chi connectivity index (χ1v) is 6.02. The van der Waals surface area contributed by atoms with Crippen LogP contribution in [0.25, 0.3) is 0 Å². The summed E-state index contributed by atoms with van der Waals surface area (Å²) in [6, 6.07) is 3.35. The predicted molar refractivity (Wildman–Crippen MR) is 63.6 cm³/mol. The zero-order chi connectivity index (χ0) is 12.5. The number of hydrogen-bond donors (Lipinski definition) is 1. The zero-order valence-corrected chi connectivity index (χ0v) is 10.5.